The molecule has 1 heterocycles. The van der Waals surface area contributed by atoms with Gasteiger partial charge in [0.2, 0.25) is 0 Å². The van der Waals surface area contributed by atoms with E-state index in [2.05, 4.69) is 24.1 Å². The number of carbonyl (C=O) groups is 1. The van der Waals surface area contributed by atoms with Crippen molar-refractivity contribution in [2.75, 3.05) is 32.8 Å². The number of esters is 1. The zero-order chi connectivity index (χ0) is 14.6. The van der Waals surface area contributed by atoms with Crippen LogP contribution in [0.25, 0.3) is 0 Å². The third-order valence-electron chi connectivity index (χ3n) is 5.03. The lowest BCUT2D eigenvalue weighted by molar-refractivity contribution is -0.162. The molecule has 0 unspecified atom stereocenters. The van der Waals surface area contributed by atoms with Crippen molar-refractivity contribution in [1.29, 1.82) is 0 Å². The van der Waals surface area contributed by atoms with Gasteiger partial charge in [-0.1, -0.05) is 13.8 Å². The average Bonchev–Trinajstić information content (AvgIpc) is 2.69. The molecule has 1 aliphatic heterocycles. The summed E-state index contributed by atoms with van der Waals surface area (Å²) in [5.74, 6) is 0.0115. The minimum absolute atomic E-state index is 0.0115. The maximum Gasteiger partial charge on any atom is 0.326 e. The fourth-order valence-corrected chi connectivity index (χ4v) is 3.53. The van der Waals surface area contributed by atoms with E-state index in [-0.39, 0.29) is 11.5 Å². The zero-order valence-corrected chi connectivity index (χ0v) is 13.3. The minimum atomic E-state index is -0.364. The molecule has 2 aliphatic rings. The van der Waals surface area contributed by atoms with Crippen LogP contribution in [-0.2, 0) is 9.53 Å². The molecule has 0 aromatic rings. The summed E-state index contributed by atoms with van der Waals surface area (Å²) in [4.78, 5) is 15.1. The number of carbonyl (C=O) groups excluding carboxylic acids is 1. The van der Waals surface area contributed by atoms with Crippen molar-refractivity contribution in [3.8, 4) is 0 Å². The zero-order valence-electron chi connectivity index (χ0n) is 13.3. The van der Waals surface area contributed by atoms with Gasteiger partial charge in [0.15, 0.2) is 0 Å². The van der Waals surface area contributed by atoms with Gasteiger partial charge in [0.05, 0.1) is 6.61 Å². The topological polar surface area (TPSA) is 41.6 Å². The first-order valence-electron chi connectivity index (χ1n) is 8.13. The Bertz CT molecular complexity index is 323. The standard InChI is InChI=1S/C16H30N2O2/c1-4-20-14(19)16(8-6-15(2,3)7-9-16)18-12-5-10-17-11-13-18/h17H,4-13H2,1-3H3. The molecule has 116 valence electrons. The van der Waals surface area contributed by atoms with Gasteiger partial charge >= 0.3 is 5.97 Å². The molecule has 1 N–H and O–H groups in total. The van der Waals surface area contributed by atoms with Crippen LogP contribution in [0.2, 0.25) is 0 Å². The monoisotopic (exact) mass is 282 g/mol. The van der Waals surface area contributed by atoms with Crippen molar-refractivity contribution in [1.82, 2.24) is 10.2 Å². The van der Waals surface area contributed by atoms with E-state index >= 15 is 0 Å². The molecular weight excluding hydrogens is 252 g/mol. The molecule has 0 spiro atoms. The summed E-state index contributed by atoms with van der Waals surface area (Å²) < 4.78 is 5.45. The molecule has 1 aliphatic carbocycles. The number of nitrogens with zero attached hydrogens (tertiary/aromatic N) is 1. The Morgan fingerprint density at radius 1 is 1.15 bits per heavy atom. The van der Waals surface area contributed by atoms with Crippen LogP contribution in [0.3, 0.4) is 0 Å². The largest absolute Gasteiger partial charge is 0.465 e. The lowest BCUT2D eigenvalue weighted by Crippen LogP contribution is -2.58. The quantitative estimate of drug-likeness (QED) is 0.806. The first kappa shape index (κ1) is 15.8. The van der Waals surface area contributed by atoms with Gasteiger partial charge in [0, 0.05) is 19.6 Å². The van der Waals surface area contributed by atoms with Gasteiger partial charge in [-0.15, -0.1) is 0 Å². The van der Waals surface area contributed by atoms with Gasteiger partial charge in [-0.05, 0) is 51.0 Å². The molecule has 4 nitrogen and oxygen atoms in total. The molecule has 4 heteroatoms. The molecule has 1 saturated heterocycles. The summed E-state index contributed by atoms with van der Waals surface area (Å²) in [5.41, 5.74) is -0.00234. The molecule has 0 aromatic heterocycles. The molecule has 1 saturated carbocycles. The highest BCUT2D eigenvalue weighted by Gasteiger charge is 2.49. The van der Waals surface area contributed by atoms with E-state index in [9.17, 15) is 4.79 Å². The lowest BCUT2D eigenvalue weighted by atomic mass is 9.68. The average molecular weight is 282 g/mol. The Balaban J connectivity index is 2.17. The van der Waals surface area contributed by atoms with E-state index in [1.807, 2.05) is 6.92 Å². The molecule has 0 aromatic carbocycles. The number of nitrogens with one attached hydrogen (secondary N) is 1. The summed E-state index contributed by atoms with van der Waals surface area (Å²) in [5, 5.41) is 3.43. The van der Waals surface area contributed by atoms with Crippen LogP contribution in [0.4, 0.5) is 0 Å². The van der Waals surface area contributed by atoms with Crippen LogP contribution in [0.15, 0.2) is 0 Å². The van der Waals surface area contributed by atoms with Crippen LogP contribution in [-0.4, -0.2) is 49.2 Å². The number of rotatable bonds is 3. The Morgan fingerprint density at radius 3 is 2.50 bits per heavy atom. The Morgan fingerprint density at radius 2 is 1.85 bits per heavy atom. The summed E-state index contributed by atoms with van der Waals surface area (Å²) in [7, 11) is 0. The molecule has 2 rings (SSSR count). The Labute approximate surface area is 123 Å². The maximum atomic E-state index is 12.7. The molecule has 0 bridgehead atoms. The van der Waals surface area contributed by atoms with Gasteiger partial charge in [0.25, 0.3) is 0 Å². The third kappa shape index (κ3) is 3.34. The highest BCUT2D eigenvalue weighted by atomic mass is 16.5. The molecule has 20 heavy (non-hydrogen) atoms. The van der Waals surface area contributed by atoms with E-state index in [0.717, 1.165) is 58.3 Å². The highest BCUT2D eigenvalue weighted by molar-refractivity contribution is 5.81. The van der Waals surface area contributed by atoms with Crippen LogP contribution >= 0.6 is 0 Å². The van der Waals surface area contributed by atoms with Crippen LogP contribution < -0.4 is 5.32 Å². The SMILES string of the molecule is CCOC(=O)C1(N2CCCNCC2)CCC(C)(C)CC1. The van der Waals surface area contributed by atoms with E-state index in [0.29, 0.717) is 12.0 Å². The number of hydrogen-bond acceptors (Lipinski definition) is 4. The van der Waals surface area contributed by atoms with E-state index < -0.39 is 0 Å². The van der Waals surface area contributed by atoms with Crippen LogP contribution in [0.5, 0.6) is 0 Å². The van der Waals surface area contributed by atoms with Crippen molar-refractivity contribution < 1.29 is 9.53 Å². The van der Waals surface area contributed by atoms with Crippen molar-refractivity contribution in [3.05, 3.63) is 0 Å². The van der Waals surface area contributed by atoms with Gasteiger partial charge in [-0.2, -0.15) is 0 Å². The fraction of sp³-hybridized carbons (Fsp3) is 0.938. The number of ether oxygens (including phenoxy) is 1. The summed E-state index contributed by atoms with van der Waals surface area (Å²) in [6, 6.07) is 0. The Kier molecular flexibility index (Phi) is 5.08. The van der Waals surface area contributed by atoms with E-state index in [1.165, 1.54) is 0 Å². The van der Waals surface area contributed by atoms with Gasteiger partial charge < -0.3 is 10.1 Å². The predicted molar refractivity (Wildman–Crippen MR) is 80.7 cm³/mol. The molecule has 0 amide bonds. The molecule has 0 atom stereocenters. The van der Waals surface area contributed by atoms with Gasteiger partial charge in [0.1, 0.15) is 5.54 Å². The molecular formula is C16H30N2O2. The van der Waals surface area contributed by atoms with Crippen molar-refractivity contribution in [2.24, 2.45) is 5.41 Å². The lowest BCUT2D eigenvalue weighted by Gasteiger charge is -2.47. The van der Waals surface area contributed by atoms with Crippen LogP contribution in [0.1, 0.15) is 52.9 Å². The highest BCUT2D eigenvalue weighted by Crippen LogP contribution is 2.43. The molecule has 0 radical (unpaired) electrons. The first-order chi connectivity index (χ1) is 9.50. The van der Waals surface area contributed by atoms with Crippen molar-refractivity contribution in [3.63, 3.8) is 0 Å². The second kappa shape index (κ2) is 6.44. The second-order valence-electron chi connectivity index (χ2n) is 7.01. The normalized spacial score (nSPS) is 26.8. The second-order valence-corrected chi connectivity index (χ2v) is 7.01. The van der Waals surface area contributed by atoms with Crippen molar-refractivity contribution >= 4 is 5.97 Å². The smallest absolute Gasteiger partial charge is 0.326 e. The summed E-state index contributed by atoms with van der Waals surface area (Å²) in [6.45, 7) is 11.0. The summed E-state index contributed by atoms with van der Waals surface area (Å²) in [6.07, 6.45) is 5.22. The van der Waals surface area contributed by atoms with Crippen LogP contribution in [0, 0.1) is 5.41 Å². The van der Waals surface area contributed by atoms with E-state index in [4.69, 9.17) is 4.74 Å². The predicted octanol–water partition coefficient (Wildman–Crippen LogP) is 2.18. The van der Waals surface area contributed by atoms with Crippen molar-refractivity contribution in [2.45, 2.75) is 58.4 Å². The maximum absolute atomic E-state index is 12.7. The minimum Gasteiger partial charge on any atom is -0.465 e. The van der Waals surface area contributed by atoms with Gasteiger partial charge in [-0.25, -0.2) is 0 Å². The van der Waals surface area contributed by atoms with E-state index in [1.54, 1.807) is 0 Å². The Hall–Kier alpha value is -0.610. The third-order valence-corrected chi connectivity index (χ3v) is 5.03. The first-order valence-corrected chi connectivity index (χ1v) is 8.13. The van der Waals surface area contributed by atoms with Gasteiger partial charge in [-0.3, -0.25) is 9.69 Å². The number of hydrogen-bond donors (Lipinski definition) is 1. The summed E-state index contributed by atoms with van der Waals surface area (Å²) >= 11 is 0. The molecule has 2 fully saturated rings. The fourth-order valence-electron chi connectivity index (χ4n) is 3.53.